The normalized spacial score (nSPS) is 13.4. The third-order valence-electron chi connectivity index (χ3n) is 4.42. The molecule has 0 saturated carbocycles. The van der Waals surface area contributed by atoms with Gasteiger partial charge in [0.05, 0.1) is 18.4 Å². The van der Waals surface area contributed by atoms with E-state index < -0.39 is 5.97 Å². The van der Waals surface area contributed by atoms with E-state index in [9.17, 15) is 9.59 Å². The molecule has 1 heterocycles. The predicted molar refractivity (Wildman–Crippen MR) is 95.3 cm³/mol. The number of carbonyl (C=O) groups excluding carboxylic acids is 1. The van der Waals surface area contributed by atoms with Crippen molar-refractivity contribution in [1.82, 2.24) is 0 Å². The SMILES string of the molecule is CCNc1c(C/C=C(\C)CCC(=O)O)c(OC)c(C)c2c1C(=O)OC2. The van der Waals surface area contributed by atoms with Gasteiger partial charge in [0.1, 0.15) is 12.4 Å². The lowest BCUT2D eigenvalue weighted by Crippen LogP contribution is -2.11. The molecule has 25 heavy (non-hydrogen) atoms. The number of nitrogens with one attached hydrogen (secondary N) is 1. The van der Waals surface area contributed by atoms with Gasteiger partial charge in [-0.1, -0.05) is 11.6 Å². The van der Waals surface area contributed by atoms with Crippen LogP contribution in [0.5, 0.6) is 5.75 Å². The second-order valence-electron chi connectivity index (χ2n) is 6.12. The van der Waals surface area contributed by atoms with Crippen molar-refractivity contribution in [3.05, 3.63) is 33.9 Å². The maximum absolute atomic E-state index is 12.2. The number of rotatable bonds is 8. The van der Waals surface area contributed by atoms with Gasteiger partial charge in [0, 0.05) is 24.1 Å². The van der Waals surface area contributed by atoms with Crippen LogP contribution in [0.25, 0.3) is 0 Å². The highest BCUT2D eigenvalue weighted by atomic mass is 16.5. The molecule has 0 radical (unpaired) electrons. The van der Waals surface area contributed by atoms with Crippen molar-refractivity contribution in [3.63, 3.8) is 0 Å². The maximum Gasteiger partial charge on any atom is 0.341 e. The zero-order chi connectivity index (χ0) is 18.6. The van der Waals surface area contributed by atoms with Gasteiger partial charge < -0.3 is 19.9 Å². The lowest BCUT2D eigenvalue weighted by Gasteiger charge is -2.19. The first kappa shape index (κ1) is 18.8. The Morgan fingerprint density at radius 1 is 1.40 bits per heavy atom. The van der Waals surface area contributed by atoms with Gasteiger partial charge in [-0.25, -0.2) is 4.79 Å². The van der Waals surface area contributed by atoms with E-state index in [0.717, 1.165) is 33.7 Å². The van der Waals surface area contributed by atoms with Crippen LogP contribution in [0.4, 0.5) is 5.69 Å². The summed E-state index contributed by atoms with van der Waals surface area (Å²) >= 11 is 0. The third-order valence-corrected chi connectivity index (χ3v) is 4.42. The Morgan fingerprint density at radius 3 is 2.72 bits per heavy atom. The van der Waals surface area contributed by atoms with E-state index in [1.54, 1.807) is 7.11 Å². The van der Waals surface area contributed by atoms with Crippen LogP contribution in [0.3, 0.4) is 0 Å². The molecule has 1 aromatic carbocycles. The van der Waals surface area contributed by atoms with E-state index in [-0.39, 0.29) is 19.0 Å². The molecular weight excluding hydrogens is 322 g/mol. The number of aliphatic carboxylic acids is 1. The average Bonchev–Trinajstić information content (AvgIpc) is 2.96. The van der Waals surface area contributed by atoms with Gasteiger partial charge in [0.25, 0.3) is 0 Å². The van der Waals surface area contributed by atoms with E-state index in [4.69, 9.17) is 14.6 Å². The Morgan fingerprint density at radius 2 is 2.12 bits per heavy atom. The van der Waals surface area contributed by atoms with Crippen molar-refractivity contribution >= 4 is 17.6 Å². The van der Waals surface area contributed by atoms with Crippen molar-refractivity contribution in [3.8, 4) is 5.75 Å². The number of carboxylic acids is 1. The molecule has 1 aromatic rings. The number of allylic oxidation sites excluding steroid dienone is 2. The third kappa shape index (κ3) is 3.95. The fourth-order valence-corrected chi connectivity index (χ4v) is 3.11. The Hall–Kier alpha value is -2.50. The Labute approximate surface area is 147 Å². The number of fused-ring (bicyclic) bond motifs is 1. The molecule has 0 aromatic heterocycles. The van der Waals surface area contributed by atoms with Crippen LogP contribution in [-0.4, -0.2) is 30.7 Å². The fraction of sp³-hybridized carbons (Fsp3) is 0.474. The Bertz CT molecular complexity index is 721. The molecular formula is C19H25NO5. The van der Waals surface area contributed by atoms with Crippen LogP contribution in [0, 0.1) is 6.92 Å². The van der Waals surface area contributed by atoms with Crippen LogP contribution in [0.15, 0.2) is 11.6 Å². The van der Waals surface area contributed by atoms with E-state index in [0.29, 0.717) is 24.9 Å². The van der Waals surface area contributed by atoms with E-state index >= 15 is 0 Å². The molecule has 2 rings (SSSR count). The van der Waals surface area contributed by atoms with E-state index in [1.165, 1.54) is 0 Å². The topological polar surface area (TPSA) is 84.9 Å². The summed E-state index contributed by atoms with van der Waals surface area (Å²) in [6.45, 7) is 6.75. The molecule has 0 atom stereocenters. The second-order valence-corrected chi connectivity index (χ2v) is 6.12. The summed E-state index contributed by atoms with van der Waals surface area (Å²) in [5.74, 6) is -0.380. The Balaban J connectivity index is 2.46. The van der Waals surface area contributed by atoms with Crippen LogP contribution in [0.1, 0.15) is 53.7 Å². The largest absolute Gasteiger partial charge is 0.496 e. The van der Waals surface area contributed by atoms with Gasteiger partial charge in [-0.3, -0.25) is 4.79 Å². The number of benzene rings is 1. The van der Waals surface area contributed by atoms with Gasteiger partial charge in [0.2, 0.25) is 0 Å². The van der Waals surface area contributed by atoms with Crippen LogP contribution in [0.2, 0.25) is 0 Å². The average molecular weight is 347 g/mol. The number of ether oxygens (including phenoxy) is 2. The summed E-state index contributed by atoms with van der Waals surface area (Å²) < 4.78 is 10.8. The van der Waals surface area contributed by atoms with Gasteiger partial charge in [-0.05, 0) is 39.2 Å². The van der Waals surface area contributed by atoms with Gasteiger partial charge in [0.15, 0.2) is 0 Å². The molecule has 0 amide bonds. The molecule has 1 aliphatic heterocycles. The summed E-state index contributed by atoms with van der Waals surface area (Å²) in [7, 11) is 1.62. The lowest BCUT2D eigenvalue weighted by atomic mass is 9.93. The molecule has 0 bridgehead atoms. The molecule has 0 aliphatic carbocycles. The van der Waals surface area contributed by atoms with Crippen molar-refractivity contribution in [2.75, 3.05) is 19.0 Å². The summed E-state index contributed by atoms with van der Waals surface area (Å²) in [6.07, 6.45) is 3.15. The minimum atomic E-state index is -0.810. The molecule has 2 N–H and O–H groups in total. The van der Waals surface area contributed by atoms with Crippen molar-refractivity contribution < 1.29 is 24.2 Å². The fourth-order valence-electron chi connectivity index (χ4n) is 3.11. The quantitative estimate of drug-likeness (QED) is 0.553. The molecule has 0 saturated heterocycles. The minimum Gasteiger partial charge on any atom is -0.496 e. The zero-order valence-electron chi connectivity index (χ0n) is 15.2. The van der Waals surface area contributed by atoms with Crippen molar-refractivity contribution in [2.45, 2.75) is 46.6 Å². The molecule has 0 fully saturated rings. The standard InChI is InChI=1S/C19H25NO5/c1-5-20-17-13(8-6-11(2)7-9-15(21)22)18(24-4)12(3)14-10-25-19(23)16(14)17/h6,20H,5,7-10H2,1-4H3,(H,21,22)/b11-6+. The second kappa shape index (κ2) is 8.05. The number of esters is 1. The van der Waals surface area contributed by atoms with Crippen LogP contribution >= 0.6 is 0 Å². The number of carboxylic acid groups (broad SMARTS) is 1. The predicted octanol–water partition coefficient (Wildman–Crippen LogP) is 3.46. The van der Waals surface area contributed by atoms with Crippen molar-refractivity contribution in [2.24, 2.45) is 0 Å². The maximum atomic E-state index is 12.2. The summed E-state index contributed by atoms with van der Waals surface area (Å²) in [5.41, 5.74) is 5.02. The smallest absolute Gasteiger partial charge is 0.341 e. The highest BCUT2D eigenvalue weighted by Gasteiger charge is 2.31. The molecule has 0 spiro atoms. The molecule has 6 heteroatoms. The lowest BCUT2D eigenvalue weighted by molar-refractivity contribution is -0.136. The first-order valence-corrected chi connectivity index (χ1v) is 8.41. The Kier molecular flexibility index (Phi) is 6.07. The monoisotopic (exact) mass is 347 g/mol. The van der Waals surface area contributed by atoms with Crippen LogP contribution < -0.4 is 10.1 Å². The minimum absolute atomic E-state index is 0.106. The molecule has 136 valence electrons. The summed E-state index contributed by atoms with van der Waals surface area (Å²) in [4.78, 5) is 22.9. The molecule has 1 aliphatic rings. The van der Waals surface area contributed by atoms with E-state index in [1.807, 2.05) is 26.8 Å². The van der Waals surface area contributed by atoms with Crippen LogP contribution in [-0.2, 0) is 22.6 Å². The summed E-state index contributed by atoms with van der Waals surface area (Å²) in [5, 5.41) is 12.1. The van der Waals surface area contributed by atoms with Gasteiger partial charge in [-0.2, -0.15) is 0 Å². The molecule has 0 unspecified atom stereocenters. The first-order valence-electron chi connectivity index (χ1n) is 8.41. The zero-order valence-corrected chi connectivity index (χ0v) is 15.2. The van der Waals surface area contributed by atoms with Crippen molar-refractivity contribution in [1.29, 1.82) is 0 Å². The number of methoxy groups -OCH3 is 1. The number of cyclic esters (lactones) is 1. The number of hydrogen-bond acceptors (Lipinski definition) is 5. The van der Waals surface area contributed by atoms with Gasteiger partial charge >= 0.3 is 11.9 Å². The number of anilines is 1. The highest BCUT2D eigenvalue weighted by molar-refractivity contribution is 6.01. The number of carbonyl (C=O) groups is 2. The summed E-state index contributed by atoms with van der Waals surface area (Å²) in [6, 6.07) is 0. The number of hydrogen-bond donors (Lipinski definition) is 2. The van der Waals surface area contributed by atoms with E-state index in [2.05, 4.69) is 5.32 Å². The van der Waals surface area contributed by atoms with Gasteiger partial charge in [-0.15, -0.1) is 0 Å². The highest BCUT2D eigenvalue weighted by Crippen LogP contribution is 2.41. The molecule has 6 nitrogen and oxygen atoms in total. The first-order chi connectivity index (χ1) is 11.9.